The summed E-state index contributed by atoms with van der Waals surface area (Å²) >= 11 is 0. The lowest BCUT2D eigenvalue weighted by Crippen LogP contribution is -2.04. The molecule has 1 fully saturated rings. The fraction of sp³-hybridized carbons (Fsp3) is 0.857. The number of unbranched alkanes of at least 4 members (excludes halogenated alkanes) is 3. The van der Waals surface area contributed by atoms with Crippen LogP contribution in [0.2, 0.25) is 0 Å². The second kappa shape index (κ2) is 8.32. The second-order valence-corrected chi connectivity index (χ2v) is 4.69. The standard InChI is InChI=1S/C14H26/c1-2-3-4-8-11-14-12-9-6-5-7-10-13-14/h11,14H,1-10,12-13H2. The predicted molar refractivity (Wildman–Crippen MR) is 63.9 cm³/mol. The Bertz CT molecular complexity index is 109. The van der Waals surface area contributed by atoms with Gasteiger partial charge >= 0.3 is 0 Å². The van der Waals surface area contributed by atoms with E-state index >= 15 is 0 Å². The van der Waals surface area contributed by atoms with E-state index in [0.717, 1.165) is 12.3 Å². The van der Waals surface area contributed by atoms with Crippen LogP contribution >= 0.6 is 0 Å². The normalized spacial score (nSPS) is 20.4. The highest BCUT2D eigenvalue weighted by molar-refractivity contribution is 4.77. The van der Waals surface area contributed by atoms with E-state index in [9.17, 15) is 0 Å². The molecular formula is C14H26. The number of hydrogen-bond acceptors (Lipinski definition) is 0. The zero-order valence-corrected chi connectivity index (χ0v) is 9.64. The third-order valence-electron chi connectivity index (χ3n) is 3.35. The lowest BCUT2D eigenvalue weighted by Gasteiger charge is -2.18. The van der Waals surface area contributed by atoms with Crippen LogP contribution in [0.5, 0.6) is 0 Å². The number of rotatable bonds is 5. The first-order valence-electron chi connectivity index (χ1n) is 6.56. The summed E-state index contributed by atoms with van der Waals surface area (Å²) in [6, 6.07) is 0. The average molecular weight is 194 g/mol. The third kappa shape index (κ3) is 5.67. The van der Waals surface area contributed by atoms with E-state index in [1.807, 2.05) is 0 Å². The quantitative estimate of drug-likeness (QED) is 0.543. The van der Waals surface area contributed by atoms with Crippen molar-refractivity contribution in [1.82, 2.24) is 0 Å². The molecule has 0 aromatic heterocycles. The van der Waals surface area contributed by atoms with Gasteiger partial charge in [-0.15, -0.1) is 0 Å². The first-order valence-corrected chi connectivity index (χ1v) is 6.56. The molecule has 0 heteroatoms. The minimum Gasteiger partial charge on any atom is -0.0533 e. The van der Waals surface area contributed by atoms with Crippen LogP contribution in [-0.4, -0.2) is 0 Å². The maximum Gasteiger partial charge on any atom is -0.0355 e. The van der Waals surface area contributed by atoms with Gasteiger partial charge in [0.1, 0.15) is 0 Å². The molecule has 0 atom stereocenters. The van der Waals surface area contributed by atoms with Crippen molar-refractivity contribution in [3.8, 4) is 0 Å². The van der Waals surface area contributed by atoms with Crippen LogP contribution < -0.4 is 0 Å². The molecule has 14 heavy (non-hydrogen) atoms. The van der Waals surface area contributed by atoms with E-state index in [1.165, 1.54) is 64.2 Å². The number of hydrogen-bond donors (Lipinski definition) is 0. The Morgan fingerprint density at radius 2 is 1.57 bits per heavy atom. The molecule has 1 rings (SSSR count). The summed E-state index contributed by atoms with van der Waals surface area (Å²) in [4.78, 5) is 0. The highest BCUT2D eigenvalue weighted by Gasteiger charge is 2.10. The van der Waals surface area contributed by atoms with Crippen molar-refractivity contribution in [2.24, 2.45) is 5.92 Å². The molecule has 0 aromatic rings. The molecule has 0 unspecified atom stereocenters. The van der Waals surface area contributed by atoms with Crippen molar-refractivity contribution >= 4 is 0 Å². The van der Waals surface area contributed by atoms with Gasteiger partial charge in [-0.05, 0) is 18.8 Å². The Labute approximate surface area is 90.5 Å². The van der Waals surface area contributed by atoms with Crippen LogP contribution in [0.3, 0.4) is 0 Å². The van der Waals surface area contributed by atoms with Gasteiger partial charge in [0, 0.05) is 0 Å². The minimum atomic E-state index is 0.945. The summed E-state index contributed by atoms with van der Waals surface area (Å²) in [5, 5.41) is 0. The zero-order chi connectivity index (χ0) is 10.1. The van der Waals surface area contributed by atoms with Gasteiger partial charge in [0.25, 0.3) is 0 Å². The van der Waals surface area contributed by atoms with Crippen LogP contribution in [-0.2, 0) is 0 Å². The summed E-state index contributed by atoms with van der Waals surface area (Å²) in [5.41, 5.74) is 0. The van der Waals surface area contributed by atoms with Crippen molar-refractivity contribution in [2.75, 3.05) is 0 Å². The molecule has 0 N–H and O–H groups in total. The van der Waals surface area contributed by atoms with Gasteiger partial charge in [0.2, 0.25) is 0 Å². The molecular weight excluding hydrogens is 168 g/mol. The van der Waals surface area contributed by atoms with Crippen molar-refractivity contribution < 1.29 is 0 Å². The lowest BCUT2D eigenvalue weighted by molar-refractivity contribution is 0.405. The van der Waals surface area contributed by atoms with Gasteiger partial charge in [0.15, 0.2) is 0 Å². The molecule has 0 amide bonds. The molecule has 0 saturated heterocycles. The highest BCUT2D eigenvalue weighted by atomic mass is 14.2. The molecule has 0 aliphatic heterocycles. The van der Waals surface area contributed by atoms with Gasteiger partial charge in [0.05, 0.1) is 0 Å². The predicted octanol–water partition coefficient (Wildman–Crippen LogP) is 4.95. The van der Waals surface area contributed by atoms with E-state index in [4.69, 9.17) is 0 Å². The Kier molecular flexibility index (Phi) is 7.17. The lowest BCUT2D eigenvalue weighted by atomic mass is 9.87. The maximum atomic E-state index is 3.88. The maximum absolute atomic E-state index is 3.88. The fourth-order valence-electron chi connectivity index (χ4n) is 2.40. The van der Waals surface area contributed by atoms with Gasteiger partial charge in [-0.3, -0.25) is 0 Å². The van der Waals surface area contributed by atoms with E-state index in [-0.39, 0.29) is 0 Å². The van der Waals surface area contributed by atoms with Gasteiger partial charge in [-0.1, -0.05) is 71.1 Å². The van der Waals surface area contributed by atoms with Crippen LogP contribution in [0.4, 0.5) is 0 Å². The first kappa shape index (κ1) is 12.1. The molecule has 2 radical (unpaired) electrons. The van der Waals surface area contributed by atoms with Crippen LogP contribution in [0.1, 0.15) is 70.6 Å². The molecule has 0 heterocycles. The Hall–Kier alpha value is 0. The van der Waals surface area contributed by atoms with Crippen molar-refractivity contribution in [1.29, 1.82) is 0 Å². The average Bonchev–Trinajstić information content (AvgIpc) is 2.15. The van der Waals surface area contributed by atoms with E-state index in [0.29, 0.717) is 0 Å². The van der Waals surface area contributed by atoms with Crippen LogP contribution in [0, 0.1) is 19.3 Å². The topological polar surface area (TPSA) is 0 Å². The molecule has 1 aliphatic rings. The molecule has 82 valence electrons. The van der Waals surface area contributed by atoms with Gasteiger partial charge in [-0.25, -0.2) is 0 Å². The largest absolute Gasteiger partial charge is 0.0533 e. The Balaban J connectivity index is 2.02. The van der Waals surface area contributed by atoms with E-state index in [1.54, 1.807) is 0 Å². The molecule has 0 aromatic carbocycles. The highest BCUT2D eigenvalue weighted by Crippen LogP contribution is 2.25. The minimum absolute atomic E-state index is 0.945. The molecule has 1 aliphatic carbocycles. The second-order valence-electron chi connectivity index (χ2n) is 4.69. The van der Waals surface area contributed by atoms with Crippen molar-refractivity contribution in [3.63, 3.8) is 0 Å². The summed E-state index contributed by atoms with van der Waals surface area (Å²) in [6.45, 7) is 3.88. The van der Waals surface area contributed by atoms with E-state index < -0.39 is 0 Å². The van der Waals surface area contributed by atoms with Crippen LogP contribution in [0.15, 0.2) is 0 Å². The molecule has 0 spiro atoms. The van der Waals surface area contributed by atoms with Crippen LogP contribution in [0.25, 0.3) is 0 Å². The van der Waals surface area contributed by atoms with Crippen molar-refractivity contribution in [2.45, 2.75) is 70.6 Å². The smallest absolute Gasteiger partial charge is 0.0355 e. The first-order chi connectivity index (χ1) is 6.93. The fourth-order valence-corrected chi connectivity index (χ4v) is 2.40. The molecule has 0 bridgehead atoms. The summed E-state index contributed by atoms with van der Waals surface area (Å²) in [5.74, 6) is 0.945. The van der Waals surface area contributed by atoms with E-state index in [2.05, 4.69) is 13.3 Å². The Morgan fingerprint density at radius 1 is 0.929 bits per heavy atom. The Morgan fingerprint density at radius 3 is 2.21 bits per heavy atom. The monoisotopic (exact) mass is 194 g/mol. The SMILES string of the molecule is [CH2]CCCC[CH]C1CCCCCCC1. The summed E-state index contributed by atoms with van der Waals surface area (Å²) in [7, 11) is 0. The molecule has 1 saturated carbocycles. The summed E-state index contributed by atoms with van der Waals surface area (Å²) in [6.07, 6.45) is 18.0. The summed E-state index contributed by atoms with van der Waals surface area (Å²) < 4.78 is 0. The van der Waals surface area contributed by atoms with Gasteiger partial charge in [-0.2, -0.15) is 0 Å². The zero-order valence-electron chi connectivity index (χ0n) is 9.64. The van der Waals surface area contributed by atoms with Crippen molar-refractivity contribution in [3.05, 3.63) is 13.3 Å². The van der Waals surface area contributed by atoms with Gasteiger partial charge < -0.3 is 0 Å². The third-order valence-corrected chi connectivity index (χ3v) is 3.35. The molecule has 0 nitrogen and oxygen atoms in total.